The van der Waals surface area contributed by atoms with Gasteiger partial charge in [0, 0.05) is 33.1 Å². The Balaban J connectivity index is 1.36. The first-order chi connectivity index (χ1) is 16.4. The number of nitrogens with one attached hydrogen (secondary N) is 1. The van der Waals surface area contributed by atoms with E-state index in [1.807, 2.05) is 18.2 Å². The summed E-state index contributed by atoms with van der Waals surface area (Å²) in [5.41, 5.74) is 10.3. The van der Waals surface area contributed by atoms with Crippen LogP contribution in [0.15, 0.2) is 72.8 Å². The summed E-state index contributed by atoms with van der Waals surface area (Å²) in [6.45, 7) is 4.16. The average Bonchev–Trinajstić information content (AvgIpc) is 2.81. The highest BCUT2D eigenvalue weighted by Gasteiger charge is 2.24. The first kappa shape index (κ1) is 23.2. The molecule has 1 heterocycles. The lowest BCUT2D eigenvalue weighted by Gasteiger charge is -2.34. The Bertz CT molecular complexity index is 1190. The second-order valence-corrected chi connectivity index (χ2v) is 8.43. The summed E-state index contributed by atoms with van der Waals surface area (Å²) in [6, 6.07) is 23.9. The molecule has 1 fully saturated rings. The fourth-order valence-corrected chi connectivity index (χ4v) is 4.10. The van der Waals surface area contributed by atoms with Gasteiger partial charge < -0.3 is 15.4 Å². The van der Waals surface area contributed by atoms with Crippen LogP contribution < -0.4 is 10.5 Å². The van der Waals surface area contributed by atoms with E-state index in [4.69, 9.17) is 15.9 Å². The molecule has 1 saturated heterocycles. The first-order valence-corrected chi connectivity index (χ1v) is 11.2. The standard InChI is InChI=1S/C27H28N4O3/c1-19(32)34-25-15-21(9-12-24(25)27(28)29)17-31-14-13-30(18-26(31)33)16-20-7-10-23(11-8-20)22-5-3-2-4-6-22/h2-12,15H,13-14,16-18H2,1H3,(H3,28,29). The highest BCUT2D eigenvalue weighted by Crippen LogP contribution is 2.23. The number of benzene rings is 3. The first-order valence-electron chi connectivity index (χ1n) is 11.2. The fourth-order valence-electron chi connectivity index (χ4n) is 4.10. The van der Waals surface area contributed by atoms with Crippen LogP contribution in [0.4, 0.5) is 0 Å². The lowest BCUT2D eigenvalue weighted by atomic mass is 10.0. The molecule has 7 heteroatoms. The number of nitrogens with two attached hydrogens (primary N) is 1. The molecule has 0 spiro atoms. The van der Waals surface area contributed by atoms with Gasteiger partial charge in [0.2, 0.25) is 5.91 Å². The van der Waals surface area contributed by atoms with E-state index in [9.17, 15) is 9.59 Å². The van der Waals surface area contributed by atoms with Gasteiger partial charge in [0.15, 0.2) is 0 Å². The molecule has 7 nitrogen and oxygen atoms in total. The van der Waals surface area contributed by atoms with E-state index in [0.717, 1.165) is 18.7 Å². The third-order valence-corrected chi connectivity index (χ3v) is 5.83. The van der Waals surface area contributed by atoms with Crippen LogP contribution in [-0.2, 0) is 22.7 Å². The molecule has 0 bridgehead atoms. The second kappa shape index (κ2) is 10.3. The minimum absolute atomic E-state index is 0.0526. The number of hydrogen-bond acceptors (Lipinski definition) is 5. The number of piperazine rings is 1. The SMILES string of the molecule is CC(=O)Oc1cc(CN2CCN(Cc3ccc(-c4ccccc4)cc3)CC2=O)ccc1C(=N)N. The number of nitrogen functional groups attached to an aromatic ring is 1. The number of ether oxygens (including phenoxy) is 1. The minimum Gasteiger partial charge on any atom is -0.426 e. The van der Waals surface area contributed by atoms with Gasteiger partial charge >= 0.3 is 5.97 Å². The van der Waals surface area contributed by atoms with Gasteiger partial charge in [0.05, 0.1) is 12.1 Å². The molecule has 1 aliphatic rings. The summed E-state index contributed by atoms with van der Waals surface area (Å²) in [5, 5.41) is 7.66. The molecular weight excluding hydrogens is 428 g/mol. The minimum atomic E-state index is -0.485. The summed E-state index contributed by atoms with van der Waals surface area (Å²) < 4.78 is 5.21. The van der Waals surface area contributed by atoms with Crippen molar-refractivity contribution in [3.8, 4) is 16.9 Å². The smallest absolute Gasteiger partial charge is 0.308 e. The maximum absolute atomic E-state index is 12.8. The molecule has 1 amide bonds. The van der Waals surface area contributed by atoms with Crippen LogP contribution in [0.1, 0.15) is 23.6 Å². The Labute approximate surface area is 199 Å². The quantitative estimate of drug-likeness (QED) is 0.246. The van der Waals surface area contributed by atoms with Crippen molar-refractivity contribution >= 4 is 17.7 Å². The van der Waals surface area contributed by atoms with Crippen molar-refractivity contribution in [2.75, 3.05) is 19.6 Å². The number of esters is 1. The number of amidine groups is 1. The third kappa shape index (κ3) is 5.68. The number of carbonyl (C=O) groups is 2. The molecule has 1 aliphatic heterocycles. The summed E-state index contributed by atoms with van der Waals surface area (Å²) in [6.07, 6.45) is 0. The normalized spacial score (nSPS) is 14.1. The fraction of sp³-hybridized carbons (Fsp3) is 0.222. The summed E-state index contributed by atoms with van der Waals surface area (Å²) in [5.74, 6) is -0.371. The van der Waals surface area contributed by atoms with Crippen LogP contribution in [0, 0.1) is 5.41 Å². The van der Waals surface area contributed by atoms with E-state index in [1.54, 1.807) is 23.1 Å². The van der Waals surface area contributed by atoms with Crippen LogP contribution >= 0.6 is 0 Å². The van der Waals surface area contributed by atoms with E-state index in [-0.39, 0.29) is 17.5 Å². The van der Waals surface area contributed by atoms with Gasteiger partial charge in [-0.3, -0.25) is 19.9 Å². The molecule has 0 aliphatic carbocycles. The van der Waals surface area contributed by atoms with Gasteiger partial charge in [0.25, 0.3) is 0 Å². The molecule has 174 valence electrons. The number of amides is 1. The van der Waals surface area contributed by atoms with Crippen LogP contribution in [0.25, 0.3) is 11.1 Å². The molecule has 0 radical (unpaired) electrons. The molecule has 34 heavy (non-hydrogen) atoms. The topological polar surface area (TPSA) is 99.7 Å². The summed E-state index contributed by atoms with van der Waals surface area (Å²) in [4.78, 5) is 28.2. The lowest BCUT2D eigenvalue weighted by Crippen LogP contribution is -2.49. The van der Waals surface area contributed by atoms with Gasteiger partial charge in [-0.1, -0.05) is 60.7 Å². The third-order valence-electron chi connectivity index (χ3n) is 5.83. The number of carbonyl (C=O) groups excluding carboxylic acids is 2. The number of rotatable bonds is 7. The summed E-state index contributed by atoms with van der Waals surface area (Å²) in [7, 11) is 0. The molecule has 4 rings (SSSR count). The monoisotopic (exact) mass is 456 g/mol. The number of nitrogens with zero attached hydrogens (tertiary/aromatic N) is 2. The largest absolute Gasteiger partial charge is 0.426 e. The van der Waals surface area contributed by atoms with Crippen LogP contribution in [0.2, 0.25) is 0 Å². The van der Waals surface area contributed by atoms with Crippen LogP contribution in [-0.4, -0.2) is 47.1 Å². The molecule has 3 aromatic carbocycles. The maximum atomic E-state index is 12.8. The van der Waals surface area contributed by atoms with Gasteiger partial charge in [-0.15, -0.1) is 0 Å². The van der Waals surface area contributed by atoms with Crippen LogP contribution in [0.3, 0.4) is 0 Å². The van der Waals surface area contributed by atoms with Gasteiger partial charge in [-0.25, -0.2) is 0 Å². The Hall–Kier alpha value is -3.97. The molecule has 0 atom stereocenters. The van der Waals surface area contributed by atoms with Crippen molar-refractivity contribution < 1.29 is 14.3 Å². The van der Waals surface area contributed by atoms with E-state index in [1.165, 1.54) is 23.6 Å². The zero-order chi connectivity index (χ0) is 24.1. The van der Waals surface area contributed by atoms with Crippen molar-refractivity contribution in [3.63, 3.8) is 0 Å². The molecule has 3 N–H and O–H groups in total. The summed E-state index contributed by atoms with van der Waals surface area (Å²) >= 11 is 0. The van der Waals surface area contributed by atoms with Crippen molar-refractivity contribution in [2.45, 2.75) is 20.0 Å². The van der Waals surface area contributed by atoms with E-state index < -0.39 is 5.97 Å². The highest BCUT2D eigenvalue weighted by molar-refractivity contribution is 5.98. The Kier molecular flexibility index (Phi) is 7.04. The maximum Gasteiger partial charge on any atom is 0.308 e. The van der Waals surface area contributed by atoms with Gasteiger partial charge in [-0.2, -0.15) is 0 Å². The Morgan fingerprint density at radius 1 is 0.941 bits per heavy atom. The second-order valence-electron chi connectivity index (χ2n) is 8.43. The van der Waals surface area contributed by atoms with Gasteiger partial charge in [0.1, 0.15) is 11.6 Å². The molecular formula is C27H28N4O3. The van der Waals surface area contributed by atoms with Crippen molar-refractivity contribution in [2.24, 2.45) is 5.73 Å². The highest BCUT2D eigenvalue weighted by atomic mass is 16.5. The lowest BCUT2D eigenvalue weighted by molar-refractivity contribution is -0.137. The number of hydrogen-bond donors (Lipinski definition) is 2. The molecule has 0 unspecified atom stereocenters. The van der Waals surface area contributed by atoms with E-state index in [2.05, 4.69) is 41.3 Å². The van der Waals surface area contributed by atoms with Crippen molar-refractivity contribution in [1.82, 2.24) is 9.80 Å². The zero-order valence-electron chi connectivity index (χ0n) is 19.2. The predicted molar refractivity (Wildman–Crippen MR) is 131 cm³/mol. The van der Waals surface area contributed by atoms with Crippen LogP contribution in [0.5, 0.6) is 5.75 Å². The van der Waals surface area contributed by atoms with Crippen molar-refractivity contribution in [3.05, 3.63) is 89.5 Å². The predicted octanol–water partition coefficient (Wildman–Crippen LogP) is 3.41. The Morgan fingerprint density at radius 3 is 2.26 bits per heavy atom. The molecule has 0 aromatic heterocycles. The van der Waals surface area contributed by atoms with Crippen molar-refractivity contribution in [1.29, 1.82) is 5.41 Å². The van der Waals surface area contributed by atoms with E-state index in [0.29, 0.717) is 25.2 Å². The van der Waals surface area contributed by atoms with E-state index >= 15 is 0 Å². The average molecular weight is 457 g/mol. The Morgan fingerprint density at radius 2 is 1.62 bits per heavy atom. The van der Waals surface area contributed by atoms with Gasteiger partial charge in [-0.05, 0) is 34.4 Å². The molecule has 3 aromatic rings. The molecule has 0 saturated carbocycles. The zero-order valence-corrected chi connectivity index (χ0v) is 19.2.